The third kappa shape index (κ3) is 1.61. The quantitative estimate of drug-likeness (QED) is 0.427. The van der Waals surface area contributed by atoms with Crippen molar-refractivity contribution in [2.75, 3.05) is 0 Å². The van der Waals surface area contributed by atoms with Crippen molar-refractivity contribution in [3.05, 3.63) is 33.6 Å². The van der Waals surface area contributed by atoms with Crippen LogP contribution in [0.4, 0.5) is 10.1 Å². The fourth-order valence-corrected chi connectivity index (χ4v) is 0.804. The molecule has 0 aromatic heterocycles. The molecule has 0 radical (unpaired) electrons. The van der Waals surface area contributed by atoms with Gasteiger partial charge in [0.2, 0.25) is 0 Å². The average molecular weight is 185 g/mol. The molecule has 0 aliphatic heterocycles. The maximum atomic E-state index is 12.7. The van der Waals surface area contributed by atoms with Crippen LogP contribution < -0.4 is 0 Å². The van der Waals surface area contributed by atoms with Crippen LogP contribution in [0.25, 0.3) is 0 Å². The first-order valence-electron chi connectivity index (χ1n) is 3.18. The summed E-state index contributed by atoms with van der Waals surface area (Å²) in [6.45, 7) is 0. The Morgan fingerprint density at radius 3 is 2.62 bits per heavy atom. The van der Waals surface area contributed by atoms with E-state index in [2.05, 4.69) is 0 Å². The number of nitro benzene ring substituents is 1. The van der Waals surface area contributed by atoms with Gasteiger partial charge in [0.25, 0.3) is 0 Å². The molecule has 0 spiro atoms. The molecule has 5 nitrogen and oxygen atoms in total. The Kier molecular flexibility index (Phi) is 2.23. The summed E-state index contributed by atoms with van der Waals surface area (Å²) in [5.41, 5.74) is -1.15. The Labute approximate surface area is 71.6 Å². The lowest BCUT2D eigenvalue weighted by molar-refractivity contribution is -0.385. The molecule has 0 saturated carbocycles. The van der Waals surface area contributed by atoms with Crippen molar-refractivity contribution in [3.63, 3.8) is 0 Å². The van der Waals surface area contributed by atoms with E-state index in [0.29, 0.717) is 12.1 Å². The number of hydrogen-bond donors (Lipinski definition) is 1. The van der Waals surface area contributed by atoms with Crippen molar-refractivity contribution >= 4 is 12.0 Å². The summed E-state index contributed by atoms with van der Waals surface area (Å²) in [6, 6.07) is 1.21. The van der Waals surface area contributed by atoms with Gasteiger partial charge >= 0.3 is 5.69 Å². The van der Waals surface area contributed by atoms with Gasteiger partial charge in [0.05, 0.1) is 10.5 Å². The van der Waals surface area contributed by atoms with Crippen molar-refractivity contribution in [2.24, 2.45) is 0 Å². The molecule has 0 fully saturated rings. The molecule has 6 heteroatoms. The third-order valence-electron chi connectivity index (χ3n) is 1.42. The van der Waals surface area contributed by atoms with Crippen LogP contribution in [-0.2, 0) is 0 Å². The number of nitrogens with zero attached hydrogens (tertiary/aromatic N) is 1. The predicted octanol–water partition coefficient (Wildman–Crippen LogP) is 1.25. The fourth-order valence-electron chi connectivity index (χ4n) is 0.804. The Bertz CT molecular complexity index is 377. The van der Waals surface area contributed by atoms with Gasteiger partial charge in [-0.15, -0.1) is 0 Å². The van der Waals surface area contributed by atoms with Gasteiger partial charge in [0.1, 0.15) is 5.82 Å². The van der Waals surface area contributed by atoms with Gasteiger partial charge in [-0.2, -0.15) is 0 Å². The zero-order valence-corrected chi connectivity index (χ0v) is 6.23. The molecule has 0 aliphatic carbocycles. The SMILES string of the molecule is O=Cc1cc([N+](=O)[O-])c(O)cc1F. The standard InChI is InChI=1S/C7H4FNO4/c8-5-2-7(11)6(9(12)13)1-4(5)3-10/h1-3,11H. The highest BCUT2D eigenvalue weighted by Gasteiger charge is 2.17. The first-order valence-corrected chi connectivity index (χ1v) is 3.18. The second-order valence-corrected chi connectivity index (χ2v) is 2.24. The van der Waals surface area contributed by atoms with Crippen LogP contribution >= 0.6 is 0 Å². The van der Waals surface area contributed by atoms with Crippen molar-refractivity contribution in [1.29, 1.82) is 0 Å². The van der Waals surface area contributed by atoms with E-state index >= 15 is 0 Å². The van der Waals surface area contributed by atoms with Crippen LogP contribution in [0.2, 0.25) is 0 Å². The lowest BCUT2D eigenvalue weighted by atomic mass is 10.2. The summed E-state index contributed by atoms with van der Waals surface area (Å²) in [5.74, 6) is -1.79. The smallest absolute Gasteiger partial charge is 0.311 e. The highest BCUT2D eigenvalue weighted by molar-refractivity contribution is 5.77. The van der Waals surface area contributed by atoms with Gasteiger partial charge in [-0.1, -0.05) is 0 Å². The number of phenolic OH excluding ortho intramolecular Hbond substituents is 1. The number of aldehydes is 1. The van der Waals surface area contributed by atoms with Crippen LogP contribution in [0.3, 0.4) is 0 Å². The Morgan fingerprint density at radius 2 is 2.15 bits per heavy atom. The van der Waals surface area contributed by atoms with Crippen LogP contribution in [0.5, 0.6) is 5.75 Å². The first-order chi connectivity index (χ1) is 6.06. The van der Waals surface area contributed by atoms with E-state index in [1.807, 2.05) is 0 Å². The number of hydrogen-bond acceptors (Lipinski definition) is 4. The van der Waals surface area contributed by atoms with E-state index in [1.165, 1.54) is 0 Å². The molecule has 0 saturated heterocycles. The number of aromatic hydroxyl groups is 1. The number of benzene rings is 1. The van der Waals surface area contributed by atoms with E-state index in [9.17, 15) is 19.3 Å². The van der Waals surface area contributed by atoms with E-state index in [-0.39, 0.29) is 6.29 Å². The zero-order valence-electron chi connectivity index (χ0n) is 6.23. The van der Waals surface area contributed by atoms with Crippen LogP contribution in [0.1, 0.15) is 10.4 Å². The molecular formula is C7H4FNO4. The van der Waals surface area contributed by atoms with Gasteiger partial charge in [-0.3, -0.25) is 14.9 Å². The molecule has 0 bridgehead atoms. The van der Waals surface area contributed by atoms with Crippen LogP contribution in [-0.4, -0.2) is 16.3 Å². The molecule has 0 unspecified atom stereocenters. The van der Waals surface area contributed by atoms with Crippen molar-refractivity contribution < 1.29 is 19.2 Å². The molecule has 13 heavy (non-hydrogen) atoms. The molecule has 1 rings (SSSR count). The molecule has 68 valence electrons. The zero-order chi connectivity index (χ0) is 10.0. The highest BCUT2D eigenvalue weighted by Crippen LogP contribution is 2.27. The van der Waals surface area contributed by atoms with Gasteiger partial charge in [0, 0.05) is 12.1 Å². The Hall–Kier alpha value is -1.98. The molecule has 1 aromatic rings. The average Bonchev–Trinajstić information content (AvgIpc) is 2.03. The number of nitro groups is 1. The molecule has 1 N–H and O–H groups in total. The summed E-state index contributed by atoms with van der Waals surface area (Å²) in [6.07, 6.45) is 0.141. The number of rotatable bonds is 2. The molecule has 0 atom stereocenters. The summed E-state index contributed by atoms with van der Waals surface area (Å²) in [7, 11) is 0. The minimum absolute atomic E-state index is 0.141. The van der Waals surface area contributed by atoms with Crippen molar-refractivity contribution in [1.82, 2.24) is 0 Å². The monoisotopic (exact) mass is 185 g/mol. The molecule has 0 aliphatic rings. The lowest BCUT2D eigenvalue weighted by Crippen LogP contribution is -1.93. The summed E-state index contributed by atoms with van der Waals surface area (Å²) >= 11 is 0. The van der Waals surface area contributed by atoms with Gasteiger partial charge in [-0.25, -0.2) is 4.39 Å². The Morgan fingerprint density at radius 1 is 1.54 bits per heavy atom. The largest absolute Gasteiger partial charge is 0.502 e. The summed E-state index contributed by atoms with van der Waals surface area (Å²) in [5, 5.41) is 19.1. The normalized spacial score (nSPS) is 9.62. The lowest BCUT2D eigenvalue weighted by Gasteiger charge is -1.97. The van der Waals surface area contributed by atoms with Crippen molar-refractivity contribution in [3.8, 4) is 5.75 Å². The predicted molar refractivity (Wildman–Crippen MR) is 40.1 cm³/mol. The van der Waals surface area contributed by atoms with E-state index in [4.69, 9.17) is 5.11 Å². The molecule has 0 amide bonds. The molecular weight excluding hydrogens is 181 g/mol. The first kappa shape index (κ1) is 9.11. The van der Waals surface area contributed by atoms with Crippen LogP contribution in [0.15, 0.2) is 12.1 Å². The number of carbonyl (C=O) groups excluding carboxylic acids is 1. The molecule has 1 aromatic carbocycles. The summed E-state index contributed by atoms with van der Waals surface area (Å²) < 4.78 is 12.7. The fraction of sp³-hybridized carbons (Fsp3) is 0. The number of carbonyl (C=O) groups is 1. The second-order valence-electron chi connectivity index (χ2n) is 2.24. The maximum Gasteiger partial charge on any atom is 0.311 e. The van der Waals surface area contributed by atoms with Gasteiger partial charge in [0.15, 0.2) is 12.0 Å². The minimum Gasteiger partial charge on any atom is -0.502 e. The van der Waals surface area contributed by atoms with Gasteiger partial charge in [-0.05, 0) is 0 Å². The number of halogens is 1. The van der Waals surface area contributed by atoms with Gasteiger partial charge < -0.3 is 5.11 Å². The highest BCUT2D eigenvalue weighted by atomic mass is 19.1. The topological polar surface area (TPSA) is 80.4 Å². The summed E-state index contributed by atoms with van der Waals surface area (Å²) in [4.78, 5) is 19.5. The van der Waals surface area contributed by atoms with E-state index in [0.717, 1.165) is 0 Å². The van der Waals surface area contributed by atoms with Crippen LogP contribution in [0, 0.1) is 15.9 Å². The third-order valence-corrected chi connectivity index (χ3v) is 1.42. The minimum atomic E-state index is -0.988. The Balaban J connectivity index is 3.38. The number of phenols is 1. The van der Waals surface area contributed by atoms with E-state index < -0.39 is 27.7 Å². The maximum absolute atomic E-state index is 12.7. The van der Waals surface area contributed by atoms with Crippen molar-refractivity contribution in [2.45, 2.75) is 0 Å². The molecule has 0 heterocycles. The second kappa shape index (κ2) is 3.18. The van der Waals surface area contributed by atoms with E-state index in [1.54, 1.807) is 0 Å².